The number of nitrogens with two attached hydrogens (primary N) is 1. The second-order valence-corrected chi connectivity index (χ2v) is 5.95. The van der Waals surface area contributed by atoms with Gasteiger partial charge in [0, 0.05) is 25.2 Å². The molecule has 1 unspecified atom stereocenters. The van der Waals surface area contributed by atoms with Gasteiger partial charge in [0.2, 0.25) is 5.89 Å². The van der Waals surface area contributed by atoms with Gasteiger partial charge in [-0.15, -0.1) is 0 Å². The molecule has 0 aliphatic carbocycles. The minimum atomic E-state index is -0.451. The SMILES string of the molecule is CC(C)c1noc(CN2CCC(n3cc(C(N)=O)cn3)C2)n1. The molecule has 22 heavy (non-hydrogen) atoms. The van der Waals surface area contributed by atoms with Crippen molar-refractivity contribution in [1.29, 1.82) is 0 Å². The number of hydrogen-bond acceptors (Lipinski definition) is 6. The number of carbonyl (C=O) groups is 1. The molecular weight excluding hydrogens is 284 g/mol. The molecule has 8 heteroatoms. The van der Waals surface area contributed by atoms with E-state index in [1.165, 1.54) is 6.20 Å². The maximum Gasteiger partial charge on any atom is 0.251 e. The number of amides is 1. The van der Waals surface area contributed by atoms with E-state index in [1.54, 1.807) is 6.20 Å². The summed E-state index contributed by atoms with van der Waals surface area (Å²) in [6, 6.07) is 0.237. The fraction of sp³-hybridized carbons (Fsp3) is 0.571. The van der Waals surface area contributed by atoms with Crippen LogP contribution in [0.1, 0.15) is 54.3 Å². The van der Waals surface area contributed by atoms with Crippen LogP contribution in [0.3, 0.4) is 0 Å². The van der Waals surface area contributed by atoms with Gasteiger partial charge in [-0.25, -0.2) is 0 Å². The van der Waals surface area contributed by atoms with Gasteiger partial charge in [-0.1, -0.05) is 19.0 Å². The molecule has 2 aromatic heterocycles. The molecule has 8 nitrogen and oxygen atoms in total. The lowest BCUT2D eigenvalue weighted by atomic mass is 10.2. The Morgan fingerprint density at radius 1 is 1.55 bits per heavy atom. The maximum absolute atomic E-state index is 11.1. The maximum atomic E-state index is 11.1. The van der Waals surface area contributed by atoms with E-state index in [0.717, 1.165) is 25.3 Å². The van der Waals surface area contributed by atoms with Crippen LogP contribution in [-0.2, 0) is 6.54 Å². The number of carbonyl (C=O) groups excluding carboxylic acids is 1. The molecular formula is C14H20N6O2. The lowest BCUT2D eigenvalue weighted by Gasteiger charge is -2.13. The van der Waals surface area contributed by atoms with Gasteiger partial charge in [-0.3, -0.25) is 14.4 Å². The summed E-state index contributed by atoms with van der Waals surface area (Å²) in [5.74, 6) is 1.19. The zero-order chi connectivity index (χ0) is 15.7. The predicted molar refractivity (Wildman–Crippen MR) is 78.1 cm³/mol. The van der Waals surface area contributed by atoms with Crippen molar-refractivity contribution in [3.05, 3.63) is 29.7 Å². The van der Waals surface area contributed by atoms with E-state index in [2.05, 4.69) is 20.1 Å². The lowest BCUT2D eigenvalue weighted by Crippen LogP contribution is -2.21. The molecule has 1 aliphatic heterocycles. The molecule has 1 fully saturated rings. The van der Waals surface area contributed by atoms with Gasteiger partial charge in [-0.05, 0) is 6.42 Å². The third-order valence-electron chi connectivity index (χ3n) is 3.87. The first-order chi connectivity index (χ1) is 10.5. The van der Waals surface area contributed by atoms with Gasteiger partial charge in [-0.2, -0.15) is 10.1 Å². The summed E-state index contributed by atoms with van der Waals surface area (Å²) in [5.41, 5.74) is 5.69. The van der Waals surface area contributed by atoms with Crippen molar-refractivity contribution in [2.45, 2.75) is 38.8 Å². The summed E-state index contributed by atoms with van der Waals surface area (Å²) in [6.45, 7) is 6.47. The van der Waals surface area contributed by atoms with Crippen molar-refractivity contribution < 1.29 is 9.32 Å². The van der Waals surface area contributed by atoms with Crippen molar-refractivity contribution in [3.8, 4) is 0 Å². The van der Waals surface area contributed by atoms with E-state index in [4.69, 9.17) is 10.3 Å². The van der Waals surface area contributed by atoms with E-state index < -0.39 is 5.91 Å². The fourth-order valence-corrected chi connectivity index (χ4v) is 2.59. The number of rotatable bonds is 5. The Hall–Kier alpha value is -2.22. The Labute approximate surface area is 128 Å². The van der Waals surface area contributed by atoms with Crippen LogP contribution < -0.4 is 5.73 Å². The first kappa shape index (κ1) is 14.7. The minimum Gasteiger partial charge on any atom is -0.366 e. The summed E-state index contributed by atoms with van der Waals surface area (Å²) < 4.78 is 7.09. The molecule has 2 aromatic rings. The number of primary amides is 1. The summed E-state index contributed by atoms with van der Waals surface area (Å²) in [4.78, 5) is 17.8. The number of likely N-dealkylation sites (tertiary alicyclic amines) is 1. The third-order valence-corrected chi connectivity index (χ3v) is 3.87. The van der Waals surface area contributed by atoms with E-state index >= 15 is 0 Å². The lowest BCUT2D eigenvalue weighted by molar-refractivity contribution is 0.1000. The molecule has 0 radical (unpaired) electrons. The van der Waals surface area contributed by atoms with E-state index in [1.807, 2.05) is 18.5 Å². The molecule has 1 saturated heterocycles. The zero-order valence-corrected chi connectivity index (χ0v) is 12.8. The highest BCUT2D eigenvalue weighted by Crippen LogP contribution is 2.23. The third kappa shape index (κ3) is 3.01. The predicted octanol–water partition coefficient (Wildman–Crippen LogP) is 0.935. The van der Waals surface area contributed by atoms with Crippen LogP contribution in [0.4, 0.5) is 0 Å². The molecule has 0 spiro atoms. The van der Waals surface area contributed by atoms with Crippen molar-refractivity contribution in [2.75, 3.05) is 13.1 Å². The molecule has 1 amide bonds. The molecule has 118 valence electrons. The Morgan fingerprint density at radius 3 is 3.00 bits per heavy atom. The molecule has 0 bridgehead atoms. The van der Waals surface area contributed by atoms with E-state index in [9.17, 15) is 4.79 Å². The van der Waals surface area contributed by atoms with Crippen LogP contribution in [0.15, 0.2) is 16.9 Å². The van der Waals surface area contributed by atoms with Gasteiger partial charge in [0.1, 0.15) is 0 Å². The first-order valence-corrected chi connectivity index (χ1v) is 7.41. The average Bonchev–Trinajstić information content (AvgIpc) is 3.18. The topological polar surface area (TPSA) is 103 Å². The van der Waals surface area contributed by atoms with E-state index in [-0.39, 0.29) is 12.0 Å². The number of hydrogen-bond donors (Lipinski definition) is 1. The summed E-state index contributed by atoms with van der Waals surface area (Å²) >= 11 is 0. The number of nitrogens with zero attached hydrogens (tertiary/aromatic N) is 5. The molecule has 0 aromatic carbocycles. The van der Waals surface area contributed by atoms with Gasteiger partial charge >= 0.3 is 0 Å². The highest BCUT2D eigenvalue weighted by molar-refractivity contribution is 5.92. The normalized spacial score (nSPS) is 19.1. The largest absolute Gasteiger partial charge is 0.366 e. The molecule has 3 rings (SSSR count). The van der Waals surface area contributed by atoms with Crippen LogP contribution in [0.25, 0.3) is 0 Å². The molecule has 2 N–H and O–H groups in total. The molecule has 1 atom stereocenters. The average molecular weight is 304 g/mol. The first-order valence-electron chi connectivity index (χ1n) is 7.41. The quantitative estimate of drug-likeness (QED) is 0.881. The highest BCUT2D eigenvalue weighted by atomic mass is 16.5. The van der Waals surface area contributed by atoms with Crippen LogP contribution in [0.2, 0.25) is 0 Å². The molecule has 0 saturated carbocycles. The summed E-state index contributed by atoms with van der Waals surface area (Å²) in [5, 5.41) is 8.20. The smallest absolute Gasteiger partial charge is 0.251 e. The monoisotopic (exact) mass is 304 g/mol. The van der Waals surface area contributed by atoms with E-state index in [0.29, 0.717) is 18.0 Å². The van der Waals surface area contributed by atoms with Crippen molar-refractivity contribution in [3.63, 3.8) is 0 Å². The van der Waals surface area contributed by atoms with Crippen molar-refractivity contribution in [1.82, 2.24) is 24.8 Å². The number of aromatic nitrogens is 4. The standard InChI is InChI=1S/C14H20N6O2/c1-9(2)14-17-12(22-18-14)8-19-4-3-11(7-19)20-6-10(5-16-20)13(15)21/h5-6,9,11H,3-4,7-8H2,1-2H3,(H2,15,21). The fourth-order valence-electron chi connectivity index (χ4n) is 2.59. The second kappa shape index (κ2) is 5.88. The van der Waals surface area contributed by atoms with Crippen LogP contribution in [-0.4, -0.2) is 43.8 Å². The van der Waals surface area contributed by atoms with Gasteiger partial charge in [0.05, 0.1) is 24.3 Å². The zero-order valence-electron chi connectivity index (χ0n) is 12.8. The Morgan fingerprint density at radius 2 is 2.36 bits per heavy atom. The van der Waals surface area contributed by atoms with Crippen LogP contribution in [0.5, 0.6) is 0 Å². The summed E-state index contributed by atoms with van der Waals surface area (Å²) in [7, 11) is 0. The molecule has 3 heterocycles. The van der Waals surface area contributed by atoms with Crippen molar-refractivity contribution >= 4 is 5.91 Å². The second-order valence-electron chi connectivity index (χ2n) is 5.95. The summed E-state index contributed by atoms with van der Waals surface area (Å²) in [6.07, 6.45) is 4.18. The Balaban J connectivity index is 1.60. The van der Waals surface area contributed by atoms with Gasteiger partial charge in [0.25, 0.3) is 5.91 Å². The van der Waals surface area contributed by atoms with Crippen LogP contribution >= 0.6 is 0 Å². The Kier molecular flexibility index (Phi) is 3.93. The minimum absolute atomic E-state index is 0.237. The Bertz CT molecular complexity index is 662. The van der Waals surface area contributed by atoms with Gasteiger partial charge < -0.3 is 10.3 Å². The van der Waals surface area contributed by atoms with Crippen LogP contribution in [0, 0.1) is 0 Å². The van der Waals surface area contributed by atoms with Crippen molar-refractivity contribution in [2.24, 2.45) is 5.73 Å². The highest BCUT2D eigenvalue weighted by Gasteiger charge is 2.26. The molecule has 1 aliphatic rings. The van der Waals surface area contributed by atoms with Gasteiger partial charge in [0.15, 0.2) is 5.82 Å².